The first-order valence-electron chi connectivity index (χ1n) is 11.6. The van der Waals surface area contributed by atoms with E-state index in [-0.39, 0.29) is 0 Å². The Hall–Kier alpha value is -4.55. The van der Waals surface area contributed by atoms with Gasteiger partial charge in [-0.15, -0.1) is 0 Å². The van der Waals surface area contributed by atoms with Crippen molar-refractivity contribution in [1.29, 1.82) is 5.26 Å². The zero-order chi connectivity index (χ0) is 22.9. The van der Waals surface area contributed by atoms with E-state index in [0.29, 0.717) is 5.56 Å². The van der Waals surface area contributed by atoms with Gasteiger partial charge in [-0.25, -0.2) is 0 Å². The molecule has 34 heavy (non-hydrogen) atoms. The minimum atomic E-state index is 0.699. The highest BCUT2D eigenvalue weighted by atomic mass is 14.9. The van der Waals surface area contributed by atoms with Gasteiger partial charge in [-0.05, 0) is 69.9 Å². The lowest BCUT2D eigenvalue weighted by Crippen LogP contribution is -2.05. The molecule has 3 nitrogen and oxygen atoms in total. The van der Waals surface area contributed by atoms with Crippen molar-refractivity contribution in [3.63, 3.8) is 0 Å². The Labute approximate surface area is 198 Å². The summed E-state index contributed by atoms with van der Waals surface area (Å²) in [4.78, 5) is 0. The Morgan fingerprint density at radius 3 is 1.91 bits per heavy atom. The van der Waals surface area contributed by atoms with Crippen LogP contribution in [0, 0.1) is 11.3 Å². The Bertz CT molecular complexity index is 1640. The fraction of sp³-hybridized carbons (Fsp3) is 0.0645. The molecule has 6 aromatic rings. The van der Waals surface area contributed by atoms with Gasteiger partial charge in [-0.2, -0.15) is 5.26 Å². The number of anilines is 3. The van der Waals surface area contributed by atoms with Crippen LogP contribution in [0.15, 0.2) is 103 Å². The van der Waals surface area contributed by atoms with E-state index >= 15 is 0 Å². The highest BCUT2D eigenvalue weighted by Crippen LogP contribution is 2.40. The summed E-state index contributed by atoms with van der Waals surface area (Å²) < 4.78 is 0. The number of nitrogens with one attached hydrogen (secondary N) is 2. The van der Waals surface area contributed by atoms with Gasteiger partial charge < -0.3 is 10.6 Å². The Kier molecular flexibility index (Phi) is 4.98. The van der Waals surface area contributed by atoms with Crippen LogP contribution in [0.25, 0.3) is 32.3 Å². The summed E-state index contributed by atoms with van der Waals surface area (Å²) in [6.07, 6.45) is 0.902. The van der Waals surface area contributed by atoms with Crippen LogP contribution in [-0.2, 0) is 6.42 Å². The quantitative estimate of drug-likeness (QED) is 0.261. The smallest absolute Gasteiger partial charge is 0.0991 e. The number of nitriles is 1. The van der Waals surface area contributed by atoms with Crippen LogP contribution in [0.4, 0.5) is 17.1 Å². The molecular weight excluding hydrogens is 414 g/mol. The van der Waals surface area contributed by atoms with Gasteiger partial charge in [0.15, 0.2) is 0 Å². The van der Waals surface area contributed by atoms with Gasteiger partial charge in [0, 0.05) is 34.4 Å². The summed E-state index contributed by atoms with van der Waals surface area (Å²) in [6.45, 7) is 0.830. The fourth-order valence-corrected chi connectivity index (χ4v) is 4.83. The maximum absolute atomic E-state index is 9.00. The molecule has 0 aliphatic rings. The largest absolute Gasteiger partial charge is 0.384 e. The van der Waals surface area contributed by atoms with Crippen molar-refractivity contribution in [2.75, 3.05) is 17.2 Å². The van der Waals surface area contributed by atoms with Crippen LogP contribution in [0.5, 0.6) is 0 Å². The molecule has 0 saturated carbocycles. The molecule has 0 radical (unpaired) electrons. The van der Waals surface area contributed by atoms with Crippen LogP contribution < -0.4 is 10.6 Å². The summed E-state index contributed by atoms with van der Waals surface area (Å²) in [5.41, 5.74) is 5.28. The van der Waals surface area contributed by atoms with Crippen LogP contribution in [0.1, 0.15) is 11.1 Å². The normalized spacial score (nSPS) is 11.1. The summed E-state index contributed by atoms with van der Waals surface area (Å²) in [5.74, 6) is 0. The molecular formula is C31H23N3. The topological polar surface area (TPSA) is 47.9 Å². The molecule has 3 heteroatoms. The number of hydrogen-bond donors (Lipinski definition) is 2. The first kappa shape index (κ1) is 20.1. The van der Waals surface area contributed by atoms with Crippen LogP contribution >= 0.6 is 0 Å². The average molecular weight is 438 g/mol. The van der Waals surface area contributed by atoms with Crippen molar-refractivity contribution in [2.24, 2.45) is 0 Å². The number of hydrogen-bond acceptors (Lipinski definition) is 3. The van der Waals surface area contributed by atoms with Crippen LogP contribution in [-0.4, -0.2) is 6.54 Å². The lowest BCUT2D eigenvalue weighted by molar-refractivity contribution is 1.02. The van der Waals surface area contributed by atoms with E-state index in [2.05, 4.69) is 77.4 Å². The summed E-state index contributed by atoms with van der Waals surface area (Å²) in [6, 6.07) is 38.0. The molecule has 0 fully saturated rings. The predicted octanol–water partition coefficient (Wildman–Crippen LogP) is 7.85. The standard InChI is InChI=1S/C31H23N3/c32-20-22-8-6-21(7-9-22)18-19-33-28-16-12-23-11-15-27-29(34-25-4-2-1-3-5-25)17-13-24-10-14-26(28)30(23)31(24)27/h1-17,33-34H,18-19H2. The lowest BCUT2D eigenvalue weighted by atomic mass is 9.92. The second-order valence-corrected chi connectivity index (χ2v) is 8.63. The van der Waals surface area contributed by atoms with E-state index in [0.717, 1.165) is 30.0 Å². The van der Waals surface area contributed by atoms with Gasteiger partial charge in [-0.3, -0.25) is 0 Å². The minimum absolute atomic E-state index is 0.699. The molecule has 0 heterocycles. The van der Waals surface area contributed by atoms with E-state index in [9.17, 15) is 0 Å². The second-order valence-electron chi connectivity index (χ2n) is 8.63. The summed E-state index contributed by atoms with van der Waals surface area (Å²) in [5, 5.41) is 23.8. The third kappa shape index (κ3) is 3.56. The van der Waals surface area contributed by atoms with E-state index in [1.165, 1.54) is 37.9 Å². The molecule has 0 aliphatic heterocycles. The van der Waals surface area contributed by atoms with E-state index in [4.69, 9.17) is 5.26 Å². The molecule has 2 N–H and O–H groups in total. The average Bonchev–Trinajstić information content (AvgIpc) is 2.90. The highest BCUT2D eigenvalue weighted by molar-refractivity contribution is 6.27. The van der Waals surface area contributed by atoms with Crippen molar-refractivity contribution in [2.45, 2.75) is 6.42 Å². The van der Waals surface area contributed by atoms with E-state index in [1.54, 1.807) is 0 Å². The number of rotatable bonds is 6. The Balaban J connectivity index is 1.36. The molecule has 6 aromatic carbocycles. The Morgan fingerprint density at radius 2 is 1.24 bits per heavy atom. The number of para-hydroxylation sites is 1. The molecule has 0 unspecified atom stereocenters. The molecule has 0 bridgehead atoms. The number of nitrogens with zero attached hydrogens (tertiary/aromatic N) is 1. The molecule has 0 aromatic heterocycles. The maximum atomic E-state index is 9.00. The lowest BCUT2D eigenvalue weighted by Gasteiger charge is -2.17. The van der Waals surface area contributed by atoms with Gasteiger partial charge in [0.25, 0.3) is 0 Å². The van der Waals surface area contributed by atoms with E-state index < -0.39 is 0 Å². The third-order valence-electron chi connectivity index (χ3n) is 6.53. The fourth-order valence-electron chi connectivity index (χ4n) is 4.83. The summed E-state index contributed by atoms with van der Waals surface area (Å²) in [7, 11) is 0. The first-order chi connectivity index (χ1) is 16.8. The summed E-state index contributed by atoms with van der Waals surface area (Å²) >= 11 is 0. The first-order valence-corrected chi connectivity index (χ1v) is 11.6. The molecule has 0 aliphatic carbocycles. The van der Waals surface area contributed by atoms with Gasteiger partial charge in [0.2, 0.25) is 0 Å². The molecule has 6 rings (SSSR count). The van der Waals surface area contributed by atoms with Crippen molar-refractivity contribution in [3.8, 4) is 6.07 Å². The zero-order valence-electron chi connectivity index (χ0n) is 18.7. The van der Waals surface area contributed by atoms with Crippen LogP contribution in [0.2, 0.25) is 0 Å². The van der Waals surface area contributed by atoms with Gasteiger partial charge in [-0.1, -0.05) is 66.7 Å². The van der Waals surface area contributed by atoms with Gasteiger partial charge in [0.05, 0.1) is 11.6 Å². The third-order valence-corrected chi connectivity index (χ3v) is 6.53. The van der Waals surface area contributed by atoms with Crippen molar-refractivity contribution in [1.82, 2.24) is 0 Å². The molecule has 162 valence electrons. The van der Waals surface area contributed by atoms with Gasteiger partial charge >= 0.3 is 0 Å². The van der Waals surface area contributed by atoms with Gasteiger partial charge in [0.1, 0.15) is 0 Å². The Morgan fingerprint density at radius 1 is 0.618 bits per heavy atom. The molecule has 0 amide bonds. The SMILES string of the molecule is N#Cc1ccc(CCNc2ccc3ccc4c(Nc5ccccc5)ccc5ccc2c3c54)cc1. The zero-order valence-corrected chi connectivity index (χ0v) is 18.7. The number of benzene rings is 6. The van der Waals surface area contributed by atoms with Crippen LogP contribution in [0.3, 0.4) is 0 Å². The van der Waals surface area contributed by atoms with Crippen molar-refractivity contribution < 1.29 is 0 Å². The highest BCUT2D eigenvalue weighted by Gasteiger charge is 2.13. The minimum Gasteiger partial charge on any atom is -0.384 e. The maximum Gasteiger partial charge on any atom is 0.0991 e. The monoisotopic (exact) mass is 437 g/mol. The molecule has 0 spiro atoms. The molecule has 0 saturated heterocycles. The predicted molar refractivity (Wildman–Crippen MR) is 143 cm³/mol. The van der Waals surface area contributed by atoms with Crippen molar-refractivity contribution >= 4 is 49.4 Å². The second kappa shape index (κ2) is 8.42. The molecule has 0 atom stereocenters. The van der Waals surface area contributed by atoms with Crippen molar-refractivity contribution in [3.05, 3.63) is 114 Å². The van der Waals surface area contributed by atoms with E-state index in [1.807, 2.05) is 42.5 Å².